The highest BCUT2D eigenvalue weighted by Crippen LogP contribution is 2.27. The molecule has 0 radical (unpaired) electrons. The number of carbonyl (C=O) groups is 1. The summed E-state index contributed by atoms with van der Waals surface area (Å²) >= 11 is 3.19. The van der Waals surface area contributed by atoms with Crippen LogP contribution >= 0.6 is 15.9 Å². The van der Waals surface area contributed by atoms with Crippen molar-refractivity contribution in [2.24, 2.45) is 0 Å². The molecule has 0 unspecified atom stereocenters. The first-order valence-electron chi connectivity index (χ1n) is 6.22. The Balaban J connectivity index is 2.21. The van der Waals surface area contributed by atoms with E-state index in [1.807, 2.05) is 0 Å². The third-order valence-electron chi connectivity index (χ3n) is 3.37. The van der Waals surface area contributed by atoms with Gasteiger partial charge in [0.25, 0.3) is 5.91 Å². The molecule has 0 saturated carbocycles. The topological polar surface area (TPSA) is 84.6 Å². The minimum absolute atomic E-state index is 0.0543. The van der Waals surface area contributed by atoms with E-state index in [1.165, 1.54) is 6.07 Å². The van der Waals surface area contributed by atoms with Crippen LogP contribution in [-0.4, -0.2) is 36.4 Å². The fourth-order valence-electron chi connectivity index (χ4n) is 2.06. The Morgan fingerprint density at radius 1 is 1.65 bits per heavy atom. The summed E-state index contributed by atoms with van der Waals surface area (Å²) in [6, 6.07) is 1.06. The molecule has 5 nitrogen and oxygen atoms in total. The van der Waals surface area contributed by atoms with Gasteiger partial charge in [-0.3, -0.25) is 4.79 Å². The molecule has 1 amide bonds. The summed E-state index contributed by atoms with van der Waals surface area (Å²) in [5.74, 6) is -1.12. The number of anilines is 1. The fourth-order valence-corrected chi connectivity index (χ4v) is 2.47. The van der Waals surface area contributed by atoms with Gasteiger partial charge in [0, 0.05) is 16.6 Å². The lowest BCUT2D eigenvalue weighted by Crippen LogP contribution is -2.48. The van der Waals surface area contributed by atoms with Crippen molar-refractivity contribution in [3.05, 3.63) is 27.5 Å². The van der Waals surface area contributed by atoms with Gasteiger partial charge in [0.1, 0.15) is 0 Å². The number of amides is 1. The van der Waals surface area contributed by atoms with E-state index in [0.29, 0.717) is 23.1 Å². The average molecular weight is 347 g/mol. The number of carbonyl (C=O) groups excluding carboxylic acids is 1. The van der Waals surface area contributed by atoms with E-state index in [-0.39, 0.29) is 17.9 Å². The van der Waals surface area contributed by atoms with Crippen LogP contribution in [0.2, 0.25) is 0 Å². The van der Waals surface area contributed by atoms with E-state index in [0.717, 1.165) is 0 Å². The molecule has 1 aliphatic heterocycles. The Hall–Kier alpha value is -1.18. The molecule has 0 aromatic heterocycles. The number of nitrogen functional groups attached to an aromatic ring is 1. The molecule has 0 aliphatic carbocycles. The molecule has 1 aliphatic rings. The van der Waals surface area contributed by atoms with Gasteiger partial charge in [-0.05, 0) is 19.4 Å². The zero-order chi connectivity index (χ0) is 14.9. The quantitative estimate of drug-likeness (QED) is 0.706. The molecule has 1 aromatic carbocycles. The molecule has 1 fully saturated rings. The predicted octanol–water partition coefficient (Wildman–Crippen LogP) is 1.36. The summed E-state index contributed by atoms with van der Waals surface area (Å²) in [5, 5.41) is 12.4. The molecule has 2 atom stereocenters. The number of rotatable bonds is 2. The Bertz CT molecular complexity index is 539. The summed E-state index contributed by atoms with van der Waals surface area (Å²) in [7, 11) is 0. The highest BCUT2D eigenvalue weighted by atomic mass is 79.9. The number of nitrogens with two attached hydrogens (primary N) is 1. The van der Waals surface area contributed by atoms with Gasteiger partial charge in [0.05, 0.1) is 30.0 Å². The number of aliphatic hydroxyl groups is 1. The number of ether oxygens (including phenoxy) is 1. The second kappa shape index (κ2) is 6.07. The SMILES string of the molecule is Cc1c(Br)cc(C(=O)N[C@H]2CCOC[C@@H]2O)c(N)c1F. The molecule has 1 saturated heterocycles. The first kappa shape index (κ1) is 15.2. The Morgan fingerprint density at radius 2 is 2.35 bits per heavy atom. The largest absolute Gasteiger partial charge is 0.396 e. The minimum atomic E-state index is -0.771. The average Bonchev–Trinajstić information content (AvgIpc) is 2.43. The highest BCUT2D eigenvalue weighted by Gasteiger charge is 2.27. The maximum Gasteiger partial charge on any atom is 0.253 e. The molecular formula is C13H16BrFN2O3. The molecular weight excluding hydrogens is 331 g/mol. The van der Waals surface area contributed by atoms with E-state index in [1.54, 1.807) is 6.92 Å². The van der Waals surface area contributed by atoms with Crippen LogP contribution in [0.25, 0.3) is 0 Å². The summed E-state index contributed by atoms with van der Waals surface area (Å²) in [5.41, 5.74) is 5.87. The number of halogens is 2. The van der Waals surface area contributed by atoms with E-state index in [9.17, 15) is 14.3 Å². The van der Waals surface area contributed by atoms with Crippen molar-refractivity contribution in [1.82, 2.24) is 5.32 Å². The Morgan fingerprint density at radius 3 is 3.00 bits per heavy atom. The standard InChI is InChI=1S/C13H16BrFN2O3/c1-6-8(14)4-7(12(16)11(6)15)13(19)17-9-2-3-20-5-10(9)18/h4,9-10,18H,2-3,5,16H2,1H3,(H,17,19)/t9-,10-/m0/s1. The maximum absolute atomic E-state index is 13.9. The van der Waals surface area contributed by atoms with Gasteiger partial charge in [-0.1, -0.05) is 15.9 Å². The van der Waals surface area contributed by atoms with Gasteiger partial charge >= 0.3 is 0 Å². The van der Waals surface area contributed by atoms with Crippen molar-refractivity contribution in [3.8, 4) is 0 Å². The number of nitrogens with one attached hydrogen (secondary N) is 1. The van der Waals surface area contributed by atoms with Gasteiger partial charge in [-0.2, -0.15) is 0 Å². The van der Waals surface area contributed by atoms with Gasteiger partial charge in [-0.25, -0.2) is 4.39 Å². The summed E-state index contributed by atoms with van der Waals surface area (Å²) in [6.07, 6.45) is -0.268. The van der Waals surface area contributed by atoms with Crippen LogP contribution in [0.3, 0.4) is 0 Å². The fraction of sp³-hybridized carbons (Fsp3) is 0.462. The highest BCUT2D eigenvalue weighted by molar-refractivity contribution is 9.10. The normalized spacial score (nSPS) is 22.6. The van der Waals surface area contributed by atoms with Crippen molar-refractivity contribution in [2.45, 2.75) is 25.5 Å². The third kappa shape index (κ3) is 2.94. The molecule has 0 spiro atoms. The van der Waals surface area contributed by atoms with Crippen LogP contribution in [0.15, 0.2) is 10.5 Å². The monoisotopic (exact) mass is 346 g/mol. The predicted molar refractivity (Wildman–Crippen MR) is 75.9 cm³/mol. The Kier molecular flexibility index (Phi) is 4.62. The van der Waals surface area contributed by atoms with Gasteiger partial charge in [0.2, 0.25) is 0 Å². The number of hydrogen-bond acceptors (Lipinski definition) is 4. The minimum Gasteiger partial charge on any atom is -0.396 e. The van der Waals surface area contributed by atoms with Crippen molar-refractivity contribution >= 4 is 27.5 Å². The van der Waals surface area contributed by atoms with E-state index >= 15 is 0 Å². The molecule has 7 heteroatoms. The van der Waals surface area contributed by atoms with Crippen LogP contribution < -0.4 is 11.1 Å². The second-order valence-electron chi connectivity index (χ2n) is 4.77. The molecule has 0 bridgehead atoms. The number of benzene rings is 1. The summed E-state index contributed by atoms with van der Waals surface area (Å²) < 4.78 is 19.4. The van der Waals surface area contributed by atoms with Gasteiger partial charge in [0.15, 0.2) is 5.82 Å². The van der Waals surface area contributed by atoms with Crippen LogP contribution in [0.5, 0.6) is 0 Å². The molecule has 4 N–H and O–H groups in total. The lowest BCUT2D eigenvalue weighted by atomic mass is 10.0. The zero-order valence-corrected chi connectivity index (χ0v) is 12.5. The van der Waals surface area contributed by atoms with Crippen molar-refractivity contribution in [1.29, 1.82) is 0 Å². The maximum atomic E-state index is 13.9. The van der Waals surface area contributed by atoms with Crippen LogP contribution in [-0.2, 0) is 4.74 Å². The first-order chi connectivity index (χ1) is 9.41. The third-order valence-corrected chi connectivity index (χ3v) is 4.20. The molecule has 110 valence electrons. The first-order valence-corrected chi connectivity index (χ1v) is 7.02. The molecule has 1 heterocycles. The van der Waals surface area contributed by atoms with E-state index in [4.69, 9.17) is 10.5 Å². The van der Waals surface area contributed by atoms with Crippen LogP contribution in [0.1, 0.15) is 22.3 Å². The molecule has 1 aromatic rings. The summed E-state index contributed by atoms with van der Waals surface area (Å²) in [4.78, 5) is 12.2. The van der Waals surface area contributed by atoms with E-state index in [2.05, 4.69) is 21.2 Å². The summed E-state index contributed by atoms with van der Waals surface area (Å²) in [6.45, 7) is 2.20. The number of aliphatic hydroxyl groups excluding tert-OH is 1. The molecule has 20 heavy (non-hydrogen) atoms. The molecule has 2 rings (SSSR count). The van der Waals surface area contributed by atoms with Gasteiger partial charge in [-0.15, -0.1) is 0 Å². The van der Waals surface area contributed by atoms with Crippen molar-refractivity contribution < 1.29 is 19.0 Å². The van der Waals surface area contributed by atoms with Gasteiger partial charge < -0.3 is 20.9 Å². The Labute approximate surface area is 124 Å². The lowest BCUT2D eigenvalue weighted by molar-refractivity contribution is -0.0260. The van der Waals surface area contributed by atoms with Crippen molar-refractivity contribution in [2.75, 3.05) is 18.9 Å². The van der Waals surface area contributed by atoms with E-state index < -0.39 is 23.9 Å². The van der Waals surface area contributed by atoms with Crippen molar-refractivity contribution in [3.63, 3.8) is 0 Å². The second-order valence-corrected chi connectivity index (χ2v) is 5.62. The van der Waals surface area contributed by atoms with Crippen LogP contribution in [0.4, 0.5) is 10.1 Å². The lowest BCUT2D eigenvalue weighted by Gasteiger charge is -2.28. The number of hydrogen-bond donors (Lipinski definition) is 3. The zero-order valence-electron chi connectivity index (χ0n) is 11.0. The smallest absolute Gasteiger partial charge is 0.253 e. The van der Waals surface area contributed by atoms with Crippen LogP contribution in [0, 0.1) is 12.7 Å².